The Hall–Kier alpha value is -0.330. The maximum Gasteiger partial charge on any atom is 0.133 e. The van der Waals surface area contributed by atoms with Crippen LogP contribution >= 0.6 is 0 Å². The van der Waals surface area contributed by atoms with Gasteiger partial charge >= 0.3 is 0 Å². The van der Waals surface area contributed by atoms with Crippen LogP contribution in [0.25, 0.3) is 0 Å². The molecule has 1 heteroatoms. The Morgan fingerprint density at radius 3 is 2.40 bits per heavy atom. The summed E-state index contributed by atoms with van der Waals surface area (Å²) in [6.45, 7) is 8.95. The molecule has 0 bridgehead atoms. The van der Waals surface area contributed by atoms with Gasteiger partial charge < -0.3 is 0 Å². The molecular formula is C14H26O. The summed E-state index contributed by atoms with van der Waals surface area (Å²) in [4.78, 5) is 11.7. The van der Waals surface area contributed by atoms with Crippen LogP contribution in [-0.4, -0.2) is 5.78 Å². The number of rotatable bonds is 6. The van der Waals surface area contributed by atoms with E-state index in [0.717, 1.165) is 31.6 Å². The van der Waals surface area contributed by atoms with Crippen molar-refractivity contribution in [2.75, 3.05) is 0 Å². The van der Waals surface area contributed by atoms with Gasteiger partial charge in [0.15, 0.2) is 0 Å². The zero-order chi connectivity index (χ0) is 11.5. The highest BCUT2D eigenvalue weighted by Gasteiger charge is 2.23. The van der Waals surface area contributed by atoms with Crippen molar-refractivity contribution in [2.24, 2.45) is 17.3 Å². The third kappa shape index (κ3) is 6.70. The molecule has 1 atom stereocenters. The van der Waals surface area contributed by atoms with E-state index in [2.05, 4.69) is 27.7 Å². The average Bonchev–Trinajstić information content (AvgIpc) is 2.79. The topological polar surface area (TPSA) is 17.1 Å². The molecule has 0 aliphatic heterocycles. The molecule has 1 aliphatic rings. The van der Waals surface area contributed by atoms with E-state index in [4.69, 9.17) is 0 Å². The third-order valence-electron chi connectivity index (χ3n) is 3.07. The second kappa shape index (κ2) is 5.14. The summed E-state index contributed by atoms with van der Waals surface area (Å²) in [6, 6.07) is 0. The van der Waals surface area contributed by atoms with Crippen LogP contribution in [0.1, 0.15) is 66.2 Å². The van der Waals surface area contributed by atoms with Crippen LogP contribution in [0.15, 0.2) is 0 Å². The number of ketones is 1. The first kappa shape index (κ1) is 12.7. The van der Waals surface area contributed by atoms with Crippen LogP contribution in [0.2, 0.25) is 0 Å². The maximum absolute atomic E-state index is 11.7. The van der Waals surface area contributed by atoms with E-state index < -0.39 is 0 Å². The molecule has 15 heavy (non-hydrogen) atoms. The largest absolute Gasteiger partial charge is 0.300 e. The summed E-state index contributed by atoms with van der Waals surface area (Å²) in [5, 5.41) is 0. The van der Waals surface area contributed by atoms with E-state index in [1.54, 1.807) is 0 Å². The van der Waals surface area contributed by atoms with Crippen LogP contribution in [0.4, 0.5) is 0 Å². The number of carbonyl (C=O) groups excluding carboxylic acids is 1. The van der Waals surface area contributed by atoms with Gasteiger partial charge in [-0.05, 0) is 30.1 Å². The minimum atomic E-state index is 0.357. The number of carbonyl (C=O) groups is 1. The summed E-state index contributed by atoms with van der Waals surface area (Å²) in [6.07, 6.45) is 6.67. The molecule has 0 amide bonds. The number of Topliss-reactive ketones (excluding diaryl/α,β-unsaturated/α-hetero) is 1. The first-order valence-corrected chi connectivity index (χ1v) is 6.38. The molecule has 1 nitrogen and oxygen atoms in total. The summed E-state index contributed by atoms with van der Waals surface area (Å²) in [5.41, 5.74) is 0.357. The quantitative estimate of drug-likeness (QED) is 0.642. The van der Waals surface area contributed by atoms with Crippen LogP contribution in [0, 0.1) is 17.3 Å². The molecule has 0 aromatic rings. The van der Waals surface area contributed by atoms with Gasteiger partial charge in [-0.25, -0.2) is 0 Å². The van der Waals surface area contributed by atoms with Gasteiger partial charge in [-0.15, -0.1) is 0 Å². The van der Waals surface area contributed by atoms with Gasteiger partial charge in [0, 0.05) is 12.8 Å². The summed E-state index contributed by atoms with van der Waals surface area (Å²) in [5.74, 6) is 1.93. The molecule has 88 valence electrons. The predicted molar refractivity (Wildman–Crippen MR) is 64.8 cm³/mol. The lowest BCUT2D eigenvalue weighted by molar-refractivity contribution is -0.120. The lowest BCUT2D eigenvalue weighted by Crippen LogP contribution is -2.14. The molecule has 1 saturated carbocycles. The smallest absolute Gasteiger partial charge is 0.133 e. The Balaban J connectivity index is 2.12. The van der Waals surface area contributed by atoms with Crippen molar-refractivity contribution < 1.29 is 4.79 Å². The molecule has 0 radical (unpaired) electrons. The highest BCUT2D eigenvalue weighted by molar-refractivity contribution is 5.78. The average molecular weight is 210 g/mol. The van der Waals surface area contributed by atoms with Gasteiger partial charge in [-0.2, -0.15) is 0 Å². The molecule has 1 rings (SSSR count). The molecule has 0 heterocycles. The minimum absolute atomic E-state index is 0.357. The second-order valence-corrected chi connectivity index (χ2v) is 6.59. The SMILES string of the molecule is CC(CC(=O)CCC1CC1)CC(C)(C)C. The van der Waals surface area contributed by atoms with Gasteiger partial charge in [-0.3, -0.25) is 4.79 Å². The lowest BCUT2D eigenvalue weighted by Gasteiger charge is -2.22. The van der Waals surface area contributed by atoms with Crippen molar-refractivity contribution in [3.63, 3.8) is 0 Å². The molecular weight excluding hydrogens is 184 g/mol. The van der Waals surface area contributed by atoms with Crippen molar-refractivity contribution in [3.8, 4) is 0 Å². The molecule has 1 fully saturated rings. The van der Waals surface area contributed by atoms with Gasteiger partial charge in [0.2, 0.25) is 0 Å². The number of hydrogen-bond acceptors (Lipinski definition) is 1. The lowest BCUT2D eigenvalue weighted by atomic mass is 9.83. The normalized spacial score (nSPS) is 18.9. The first-order chi connectivity index (χ1) is 6.87. The maximum atomic E-state index is 11.7. The van der Waals surface area contributed by atoms with Crippen LogP contribution < -0.4 is 0 Å². The summed E-state index contributed by atoms with van der Waals surface area (Å²) >= 11 is 0. The van der Waals surface area contributed by atoms with Gasteiger partial charge in [0.25, 0.3) is 0 Å². The minimum Gasteiger partial charge on any atom is -0.300 e. The van der Waals surface area contributed by atoms with E-state index in [-0.39, 0.29) is 0 Å². The highest BCUT2D eigenvalue weighted by Crippen LogP contribution is 2.34. The Kier molecular flexibility index (Phi) is 4.36. The van der Waals surface area contributed by atoms with E-state index >= 15 is 0 Å². The van der Waals surface area contributed by atoms with E-state index in [1.165, 1.54) is 12.8 Å². The van der Waals surface area contributed by atoms with Crippen molar-refractivity contribution in [1.29, 1.82) is 0 Å². The molecule has 1 unspecified atom stereocenters. The Morgan fingerprint density at radius 1 is 1.33 bits per heavy atom. The van der Waals surface area contributed by atoms with Crippen molar-refractivity contribution in [1.82, 2.24) is 0 Å². The monoisotopic (exact) mass is 210 g/mol. The summed E-state index contributed by atoms with van der Waals surface area (Å²) < 4.78 is 0. The van der Waals surface area contributed by atoms with E-state index in [0.29, 0.717) is 17.1 Å². The standard InChI is InChI=1S/C14H26O/c1-11(10-14(2,3)4)9-13(15)8-7-12-5-6-12/h11-12H,5-10H2,1-4H3. The van der Waals surface area contributed by atoms with Crippen LogP contribution in [0.5, 0.6) is 0 Å². The Bertz CT molecular complexity index is 208. The van der Waals surface area contributed by atoms with E-state index in [9.17, 15) is 4.79 Å². The van der Waals surface area contributed by atoms with Gasteiger partial charge in [-0.1, -0.05) is 40.5 Å². The summed E-state index contributed by atoms with van der Waals surface area (Å²) in [7, 11) is 0. The van der Waals surface area contributed by atoms with Gasteiger partial charge in [0.05, 0.1) is 0 Å². The van der Waals surface area contributed by atoms with Crippen molar-refractivity contribution in [3.05, 3.63) is 0 Å². The first-order valence-electron chi connectivity index (χ1n) is 6.38. The predicted octanol–water partition coefficient (Wildman–Crippen LogP) is 4.21. The second-order valence-electron chi connectivity index (χ2n) is 6.59. The number of hydrogen-bond donors (Lipinski definition) is 0. The Morgan fingerprint density at radius 2 is 1.93 bits per heavy atom. The molecule has 0 saturated heterocycles. The van der Waals surface area contributed by atoms with Crippen LogP contribution in [-0.2, 0) is 4.79 Å². The Labute approximate surface area is 94.6 Å². The van der Waals surface area contributed by atoms with Crippen molar-refractivity contribution in [2.45, 2.75) is 66.2 Å². The van der Waals surface area contributed by atoms with Crippen LogP contribution in [0.3, 0.4) is 0 Å². The molecule has 1 aliphatic carbocycles. The molecule has 0 aromatic carbocycles. The highest BCUT2D eigenvalue weighted by atomic mass is 16.1. The van der Waals surface area contributed by atoms with Crippen molar-refractivity contribution >= 4 is 5.78 Å². The molecule has 0 spiro atoms. The zero-order valence-electron chi connectivity index (χ0n) is 10.8. The fraction of sp³-hybridized carbons (Fsp3) is 0.929. The van der Waals surface area contributed by atoms with Gasteiger partial charge in [0.1, 0.15) is 5.78 Å². The fourth-order valence-corrected chi connectivity index (χ4v) is 2.38. The fourth-order valence-electron chi connectivity index (χ4n) is 2.38. The third-order valence-corrected chi connectivity index (χ3v) is 3.07. The molecule has 0 N–H and O–H groups in total. The van der Waals surface area contributed by atoms with E-state index in [1.807, 2.05) is 0 Å². The zero-order valence-corrected chi connectivity index (χ0v) is 10.8. The molecule has 0 aromatic heterocycles.